The van der Waals surface area contributed by atoms with Crippen molar-refractivity contribution in [3.63, 3.8) is 0 Å². The van der Waals surface area contributed by atoms with Crippen LogP contribution in [-0.2, 0) is 17.5 Å². The number of halogens is 4. The summed E-state index contributed by atoms with van der Waals surface area (Å²) < 4.78 is 59.0. The van der Waals surface area contributed by atoms with Crippen LogP contribution in [0.1, 0.15) is 30.9 Å². The maximum absolute atomic E-state index is 14.4. The Labute approximate surface area is 182 Å². The number of nitrogens with zero attached hydrogens (tertiary/aromatic N) is 2. The van der Waals surface area contributed by atoms with Crippen LogP contribution in [0.2, 0.25) is 0 Å². The Morgan fingerprint density at radius 3 is 2.53 bits per heavy atom. The third-order valence-electron chi connectivity index (χ3n) is 5.93. The molecule has 0 spiro atoms. The van der Waals surface area contributed by atoms with E-state index in [0.29, 0.717) is 35.5 Å². The molecule has 4 rings (SSSR count). The summed E-state index contributed by atoms with van der Waals surface area (Å²) in [6.45, 7) is 2.74. The van der Waals surface area contributed by atoms with Crippen molar-refractivity contribution in [2.24, 2.45) is 11.5 Å². The monoisotopic (exact) mass is 451 g/mol. The van der Waals surface area contributed by atoms with E-state index in [9.17, 15) is 17.6 Å². The summed E-state index contributed by atoms with van der Waals surface area (Å²) in [5, 5.41) is 3.81. The Hall–Kier alpha value is -3.01. The number of morpholine rings is 1. The van der Waals surface area contributed by atoms with E-state index in [2.05, 4.69) is 15.2 Å². The summed E-state index contributed by atoms with van der Waals surface area (Å²) in [6.07, 6.45) is -0.985. The fourth-order valence-electron chi connectivity index (χ4n) is 4.39. The molecule has 2 aliphatic heterocycles. The number of pyridine rings is 1. The fourth-order valence-corrected chi connectivity index (χ4v) is 4.39. The normalized spacial score (nSPS) is 22.6. The quantitative estimate of drug-likeness (QED) is 0.611. The predicted octanol–water partition coefficient (Wildman–Crippen LogP) is 1.51. The van der Waals surface area contributed by atoms with Gasteiger partial charge in [-0.3, -0.25) is 4.98 Å². The average Bonchev–Trinajstić information content (AvgIpc) is 2.99. The number of anilines is 1. The predicted molar refractivity (Wildman–Crippen MR) is 113 cm³/mol. The van der Waals surface area contributed by atoms with Crippen LogP contribution in [-0.4, -0.2) is 30.3 Å². The lowest BCUT2D eigenvalue weighted by molar-refractivity contribution is -0.140. The summed E-state index contributed by atoms with van der Waals surface area (Å²) in [5.41, 5.74) is 12.1. The summed E-state index contributed by atoms with van der Waals surface area (Å²) in [5.74, 6) is -1.17. The minimum absolute atomic E-state index is 0.145. The SMILES string of the molecule is C/C(N)=c1\ncc(N2C3CCC2COC3)c\c1=C(\N)NCc1cccc(C(F)(F)F)c1F. The molecule has 3 heterocycles. The Kier molecular flexibility index (Phi) is 5.89. The smallest absolute Gasteiger partial charge is 0.401 e. The van der Waals surface area contributed by atoms with E-state index < -0.39 is 17.6 Å². The van der Waals surface area contributed by atoms with Crippen molar-refractivity contribution in [3.05, 3.63) is 58.0 Å². The first-order chi connectivity index (χ1) is 15.2. The minimum atomic E-state index is -4.77. The second kappa shape index (κ2) is 8.50. The number of aromatic nitrogens is 1. The average molecular weight is 451 g/mol. The van der Waals surface area contributed by atoms with Crippen LogP contribution in [0.15, 0.2) is 30.5 Å². The van der Waals surface area contributed by atoms with Gasteiger partial charge in [0.2, 0.25) is 0 Å². The number of benzene rings is 1. The Balaban J connectivity index is 1.69. The molecule has 6 nitrogen and oxygen atoms in total. The maximum atomic E-state index is 14.4. The highest BCUT2D eigenvalue weighted by atomic mass is 19.4. The van der Waals surface area contributed by atoms with E-state index in [4.69, 9.17) is 16.2 Å². The van der Waals surface area contributed by atoms with Crippen molar-refractivity contribution >= 4 is 17.2 Å². The van der Waals surface area contributed by atoms with E-state index in [1.165, 1.54) is 12.1 Å². The van der Waals surface area contributed by atoms with Gasteiger partial charge in [0, 0.05) is 23.0 Å². The molecule has 0 amide bonds. The van der Waals surface area contributed by atoms with Gasteiger partial charge in [-0.15, -0.1) is 0 Å². The molecule has 1 aromatic heterocycles. The first kappa shape index (κ1) is 22.2. The van der Waals surface area contributed by atoms with Crippen LogP contribution in [0.4, 0.5) is 23.2 Å². The highest BCUT2D eigenvalue weighted by Crippen LogP contribution is 2.33. The van der Waals surface area contributed by atoms with Gasteiger partial charge in [0.25, 0.3) is 0 Å². The van der Waals surface area contributed by atoms with Gasteiger partial charge < -0.3 is 26.4 Å². The summed E-state index contributed by atoms with van der Waals surface area (Å²) >= 11 is 0. The molecule has 32 heavy (non-hydrogen) atoms. The molecule has 1 aromatic carbocycles. The molecule has 2 saturated heterocycles. The van der Waals surface area contributed by atoms with Gasteiger partial charge in [-0.1, -0.05) is 12.1 Å². The van der Waals surface area contributed by atoms with Gasteiger partial charge in [-0.05, 0) is 31.9 Å². The fraction of sp³-hybridized carbons (Fsp3) is 0.409. The van der Waals surface area contributed by atoms with Crippen molar-refractivity contribution in [1.29, 1.82) is 0 Å². The van der Waals surface area contributed by atoms with Crippen molar-refractivity contribution in [1.82, 2.24) is 10.3 Å². The first-order valence-corrected chi connectivity index (χ1v) is 10.3. The molecule has 2 atom stereocenters. The number of hydrogen-bond donors (Lipinski definition) is 3. The minimum Gasteiger partial charge on any atom is -0.401 e. The van der Waals surface area contributed by atoms with Gasteiger partial charge in [-0.2, -0.15) is 13.2 Å². The molecule has 0 radical (unpaired) electrons. The molecule has 2 aliphatic rings. The van der Waals surface area contributed by atoms with Crippen LogP contribution in [0.3, 0.4) is 0 Å². The van der Waals surface area contributed by atoms with Crippen LogP contribution < -0.4 is 32.3 Å². The number of nitrogens with two attached hydrogens (primary N) is 2. The van der Waals surface area contributed by atoms with Crippen molar-refractivity contribution in [2.75, 3.05) is 18.1 Å². The molecule has 172 valence electrons. The van der Waals surface area contributed by atoms with E-state index in [1.807, 2.05) is 6.07 Å². The van der Waals surface area contributed by atoms with E-state index >= 15 is 0 Å². The largest absolute Gasteiger partial charge is 0.419 e. The van der Waals surface area contributed by atoms with Crippen molar-refractivity contribution in [3.8, 4) is 0 Å². The lowest BCUT2D eigenvalue weighted by Crippen LogP contribution is -2.47. The van der Waals surface area contributed by atoms with Gasteiger partial charge >= 0.3 is 6.18 Å². The van der Waals surface area contributed by atoms with Crippen LogP contribution in [0.25, 0.3) is 11.5 Å². The lowest BCUT2D eigenvalue weighted by atomic mass is 10.1. The summed E-state index contributed by atoms with van der Waals surface area (Å²) in [4.78, 5) is 6.76. The number of ether oxygens (including phenoxy) is 1. The molecule has 0 aliphatic carbocycles. The molecule has 2 fully saturated rings. The van der Waals surface area contributed by atoms with Crippen LogP contribution in [0, 0.1) is 5.82 Å². The maximum Gasteiger partial charge on any atom is 0.419 e. The molecule has 10 heteroatoms. The molecular formula is C22H25F4N5O. The molecule has 2 aromatic rings. The number of rotatable bonds is 4. The van der Waals surface area contributed by atoms with Crippen LogP contribution in [0.5, 0.6) is 0 Å². The summed E-state index contributed by atoms with van der Waals surface area (Å²) in [7, 11) is 0. The highest BCUT2D eigenvalue weighted by molar-refractivity contribution is 5.53. The Morgan fingerprint density at radius 1 is 1.22 bits per heavy atom. The molecule has 0 saturated carbocycles. The number of alkyl halides is 3. The van der Waals surface area contributed by atoms with Gasteiger partial charge in [0.05, 0.1) is 48.1 Å². The molecule has 5 N–H and O–H groups in total. The Bertz CT molecular complexity index is 1110. The van der Waals surface area contributed by atoms with Crippen molar-refractivity contribution < 1.29 is 22.3 Å². The topological polar surface area (TPSA) is 89.4 Å². The third kappa shape index (κ3) is 4.19. The first-order valence-electron chi connectivity index (χ1n) is 10.3. The number of fused-ring (bicyclic) bond motifs is 2. The number of nitrogens with one attached hydrogen (secondary N) is 1. The lowest BCUT2D eigenvalue weighted by Gasteiger charge is -2.36. The molecular weight excluding hydrogens is 426 g/mol. The van der Waals surface area contributed by atoms with E-state index in [-0.39, 0.29) is 30.0 Å². The second-order valence-corrected chi connectivity index (χ2v) is 8.15. The van der Waals surface area contributed by atoms with Gasteiger partial charge in [-0.25, -0.2) is 4.39 Å². The third-order valence-corrected chi connectivity index (χ3v) is 5.93. The highest BCUT2D eigenvalue weighted by Gasteiger charge is 2.37. The van der Waals surface area contributed by atoms with Crippen LogP contribution >= 0.6 is 0 Å². The molecule has 2 bridgehead atoms. The Morgan fingerprint density at radius 2 is 1.91 bits per heavy atom. The second-order valence-electron chi connectivity index (χ2n) is 8.15. The zero-order valence-corrected chi connectivity index (χ0v) is 17.5. The summed E-state index contributed by atoms with van der Waals surface area (Å²) in [6, 6.07) is 5.53. The van der Waals surface area contributed by atoms with Gasteiger partial charge in [0.15, 0.2) is 0 Å². The van der Waals surface area contributed by atoms with E-state index in [1.54, 1.807) is 13.1 Å². The van der Waals surface area contributed by atoms with Gasteiger partial charge in [0.1, 0.15) is 11.6 Å². The van der Waals surface area contributed by atoms with Crippen molar-refractivity contribution in [2.45, 2.75) is 44.6 Å². The number of hydrogen-bond acceptors (Lipinski definition) is 6. The molecule has 2 unspecified atom stereocenters. The van der Waals surface area contributed by atoms with E-state index in [0.717, 1.165) is 18.5 Å². The zero-order chi connectivity index (χ0) is 23.0. The standard InChI is InChI=1S/C22H25F4N5O/c1-12(27)20-17(7-16(9-29-20)31-14-5-6-15(31)11-32-10-14)21(28)30-8-13-3-2-4-18(19(13)23)22(24,25)26/h2-4,7,9,14-15,30H,5-6,8,10-11,27-28H2,1H3/b20-12+,21-17+. The zero-order valence-electron chi connectivity index (χ0n) is 17.5.